The Labute approximate surface area is 269 Å². The zero-order chi connectivity index (χ0) is 32.1. The zero-order valence-electron chi connectivity index (χ0n) is 27.0. The van der Waals surface area contributed by atoms with Gasteiger partial charge in [0.2, 0.25) is 11.3 Å². The predicted molar refractivity (Wildman–Crippen MR) is 184 cm³/mol. The summed E-state index contributed by atoms with van der Waals surface area (Å²) < 4.78 is 8.94. The number of rotatable bonds is 9. The summed E-state index contributed by atoms with van der Waals surface area (Å²) in [5.41, 5.74) is 5.28. The third-order valence-corrected chi connectivity index (χ3v) is 9.49. The first-order chi connectivity index (χ1) is 21.8. The van der Waals surface area contributed by atoms with Crippen molar-refractivity contribution < 1.29 is 18.8 Å². The molecule has 2 heterocycles. The van der Waals surface area contributed by atoms with E-state index in [4.69, 9.17) is 4.42 Å². The van der Waals surface area contributed by atoms with Gasteiger partial charge in [0.15, 0.2) is 5.12 Å². The lowest BCUT2D eigenvalue weighted by atomic mass is 9.90. The SMILES string of the molecule is CCN(CC)c1ccc2c(-c3ccccc3C(=O)N3CCN(C(=O)CSC(C)=O)CC3)c3ccc(=[N+](CC)CC)cc-3oc2c1. The van der Waals surface area contributed by atoms with Gasteiger partial charge in [-0.1, -0.05) is 30.0 Å². The molecule has 0 saturated carbocycles. The van der Waals surface area contributed by atoms with Crippen molar-refractivity contribution in [3.05, 3.63) is 71.6 Å². The number of piperazine rings is 1. The Morgan fingerprint density at radius 3 is 2.20 bits per heavy atom. The molecule has 2 aromatic rings. The lowest BCUT2D eigenvalue weighted by Gasteiger charge is -2.35. The van der Waals surface area contributed by atoms with Gasteiger partial charge in [-0.2, -0.15) is 0 Å². The molecule has 8 nitrogen and oxygen atoms in total. The summed E-state index contributed by atoms with van der Waals surface area (Å²) >= 11 is 1.02. The van der Waals surface area contributed by atoms with Crippen molar-refractivity contribution in [3.63, 3.8) is 0 Å². The van der Waals surface area contributed by atoms with E-state index in [1.165, 1.54) is 6.92 Å². The lowest BCUT2D eigenvalue weighted by molar-refractivity contribution is -0.129. The summed E-state index contributed by atoms with van der Waals surface area (Å²) in [6, 6.07) is 20.5. The van der Waals surface area contributed by atoms with Crippen molar-refractivity contribution in [1.82, 2.24) is 14.4 Å². The number of benzene rings is 3. The van der Waals surface area contributed by atoms with Gasteiger partial charge >= 0.3 is 0 Å². The number of hydrogen-bond donors (Lipinski definition) is 0. The first-order valence-electron chi connectivity index (χ1n) is 15.9. The highest BCUT2D eigenvalue weighted by Gasteiger charge is 2.28. The van der Waals surface area contributed by atoms with Gasteiger partial charge in [-0.25, -0.2) is 4.58 Å². The molecule has 5 rings (SSSR count). The van der Waals surface area contributed by atoms with Crippen LogP contribution in [-0.4, -0.2) is 84.8 Å². The van der Waals surface area contributed by atoms with Crippen LogP contribution in [0.1, 0.15) is 45.0 Å². The van der Waals surface area contributed by atoms with Crippen LogP contribution in [0, 0.1) is 0 Å². The molecule has 3 aliphatic rings. The van der Waals surface area contributed by atoms with Gasteiger partial charge in [0.1, 0.15) is 24.4 Å². The third-order valence-electron chi connectivity index (χ3n) is 8.69. The van der Waals surface area contributed by atoms with E-state index >= 15 is 0 Å². The predicted octanol–water partition coefficient (Wildman–Crippen LogP) is 5.43. The maximum absolute atomic E-state index is 14.1. The number of amides is 2. The molecule has 1 fully saturated rings. The van der Waals surface area contributed by atoms with Crippen molar-refractivity contribution in [3.8, 4) is 22.5 Å². The van der Waals surface area contributed by atoms with E-state index in [0.717, 1.165) is 82.4 Å². The molecular formula is C36H43N4O4S+. The first-order valence-corrected chi connectivity index (χ1v) is 16.9. The molecule has 0 unspecified atom stereocenters. The molecule has 0 N–H and O–H groups in total. The molecule has 9 heteroatoms. The molecule has 2 aromatic carbocycles. The average Bonchev–Trinajstić information content (AvgIpc) is 3.07. The highest BCUT2D eigenvalue weighted by Crippen LogP contribution is 2.42. The average molecular weight is 628 g/mol. The van der Waals surface area contributed by atoms with Gasteiger partial charge in [0.25, 0.3) is 5.91 Å². The lowest BCUT2D eigenvalue weighted by Crippen LogP contribution is -2.51. The summed E-state index contributed by atoms with van der Waals surface area (Å²) in [5, 5.41) is 1.98. The van der Waals surface area contributed by atoms with E-state index in [1.807, 2.05) is 29.2 Å². The second-order valence-electron chi connectivity index (χ2n) is 11.2. The maximum Gasteiger partial charge on any atom is 0.254 e. The smallest absolute Gasteiger partial charge is 0.254 e. The van der Waals surface area contributed by atoms with Crippen molar-refractivity contribution in [2.75, 3.05) is 63.0 Å². The van der Waals surface area contributed by atoms with Gasteiger partial charge in [-0.3, -0.25) is 14.4 Å². The first kappa shape index (κ1) is 32.3. The Kier molecular flexibility index (Phi) is 10.3. The van der Waals surface area contributed by atoms with Crippen LogP contribution in [0.4, 0.5) is 5.69 Å². The van der Waals surface area contributed by atoms with E-state index in [0.29, 0.717) is 31.7 Å². The minimum atomic E-state index is -0.0731. The van der Waals surface area contributed by atoms with Crippen LogP contribution in [0.2, 0.25) is 0 Å². The fourth-order valence-corrected chi connectivity index (χ4v) is 6.71. The summed E-state index contributed by atoms with van der Waals surface area (Å²) in [7, 11) is 0. The second kappa shape index (κ2) is 14.3. The number of nitrogens with zero attached hydrogens (tertiary/aromatic N) is 4. The zero-order valence-corrected chi connectivity index (χ0v) is 27.8. The fraction of sp³-hybridized carbons (Fsp3) is 0.389. The van der Waals surface area contributed by atoms with Crippen molar-refractivity contribution >= 4 is 45.3 Å². The fourth-order valence-electron chi connectivity index (χ4n) is 6.20. The number of carbonyl (C=O) groups is 3. The quantitative estimate of drug-likeness (QED) is 0.182. The normalized spacial score (nSPS) is 13.4. The van der Waals surface area contributed by atoms with Crippen molar-refractivity contribution in [1.29, 1.82) is 0 Å². The standard InChI is InChI=1S/C36H43N4O4S/c1-6-37(7-2)26-14-16-30-32(22-26)44-33-23-27(38(8-3)9-4)15-17-31(33)35(30)28-12-10-11-13-29(28)36(43)40-20-18-39(19-21-40)34(42)24-45-25(5)41/h10-17,22-23H,6-9,18-21,24H2,1-5H3/q+1. The molecule has 0 atom stereocenters. The van der Waals surface area contributed by atoms with Crippen LogP contribution in [0.15, 0.2) is 65.1 Å². The van der Waals surface area contributed by atoms with Gasteiger partial charge in [-0.05, 0) is 57.5 Å². The van der Waals surface area contributed by atoms with E-state index in [1.54, 1.807) is 4.90 Å². The highest BCUT2D eigenvalue weighted by atomic mass is 32.2. The molecule has 2 amide bonds. The second-order valence-corrected chi connectivity index (χ2v) is 12.3. The summed E-state index contributed by atoms with van der Waals surface area (Å²) in [6.45, 7) is 15.4. The molecule has 1 saturated heterocycles. The van der Waals surface area contributed by atoms with E-state index < -0.39 is 0 Å². The van der Waals surface area contributed by atoms with Gasteiger partial charge < -0.3 is 19.1 Å². The highest BCUT2D eigenvalue weighted by molar-refractivity contribution is 8.14. The molecule has 45 heavy (non-hydrogen) atoms. The van der Waals surface area contributed by atoms with E-state index in [2.05, 4.69) is 73.6 Å². The Hall–Kier alpha value is -4.11. The molecule has 0 spiro atoms. The van der Waals surface area contributed by atoms with Crippen LogP contribution in [-0.2, 0) is 9.59 Å². The number of anilines is 1. The van der Waals surface area contributed by atoms with Gasteiger partial charge in [0.05, 0.1) is 11.8 Å². The third kappa shape index (κ3) is 6.78. The molecular weight excluding hydrogens is 584 g/mol. The molecule has 0 aromatic heterocycles. The van der Waals surface area contributed by atoms with Gasteiger partial charge in [0, 0.05) is 86.1 Å². The maximum atomic E-state index is 14.1. The van der Waals surface area contributed by atoms with E-state index in [-0.39, 0.29) is 22.7 Å². The molecule has 2 aliphatic heterocycles. The Balaban J connectivity index is 1.60. The number of hydrogen-bond acceptors (Lipinski definition) is 6. The van der Waals surface area contributed by atoms with Crippen molar-refractivity contribution in [2.45, 2.75) is 34.6 Å². The van der Waals surface area contributed by atoms with Crippen LogP contribution < -0.4 is 14.8 Å². The molecule has 0 bridgehead atoms. The largest absolute Gasteiger partial charge is 0.456 e. The number of thioether (sulfide) groups is 1. The van der Waals surface area contributed by atoms with Crippen LogP contribution >= 0.6 is 11.8 Å². The van der Waals surface area contributed by atoms with E-state index in [9.17, 15) is 14.4 Å². The van der Waals surface area contributed by atoms with Crippen LogP contribution in [0.25, 0.3) is 33.4 Å². The minimum absolute atomic E-state index is 0.0579. The topological polar surface area (TPSA) is 77.1 Å². The minimum Gasteiger partial charge on any atom is -0.456 e. The summed E-state index contributed by atoms with van der Waals surface area (Å²) in [5.74, 6) is 0.785. The Bertz CT molecular complexity index is 1750. The molecule has 1 aliphatic carbocycles. The summed E-state index contributed by atoms with van der Waals surface area (Å²) in [6.07, 6.45) is 0. The van der Waals surface area contributed by atoms with Crippen LogP contribution in [0.5, 0.6) is 0 Å². The number of fused-ring (bicyclic) bond motifs is 2. The Morgan fingerprint density at radius 1 is 0.844 bits per heavy atom. The molecule has 0 radical (unpaired) electrons. The van der Waals surface area contributed by atoms with Gasteiger partial charge in [-0.15, -0.1) is 0 Å². The Morgan fingerprint density at radius 2 is 1.53 bits per heavy atom. The van der Waals surface area contributed by atoms with Crippen LogP contribution in [0.3, 0.4) is 0 Å². The monoisotopic (exact) mass is 627 g/mol. The number of carbonyl (C=O) groups excluding carboxylic acids is 3. The molecule has 236 valence electrons. The summed E-state index contributed by atoms with van der Waals surface area (Å²) in [4.78, 5) is 43.9. The van der Waals surface area contributed by atoms with Crippen molar-refractivity contribution in [2.24, 2.45) is 0 Å².